The fourth-order valence-corrected chi connectivity index (χ4v) is 3.55. The molecule has 0 spiro atoms. The quantitative estimate of drug-likeness (QED) is 0.396. The van der Waals surface area contributed by atoms with E-state index < -0.39 is 0 Å². The number of nitrogens with zero attached hydrogens (tertiary/aromatic N) is 3. The summed E-state index contributed by atoms with van der Waals surface area (Å²) in [6.45, 7) is 0.604. The standard InChI is InChI=1S/C24H24N4O/c1-27(2)19-13-11-18(12-14-19)17-25-26-24(29)15-16-28-22-9-5-3-7-20(22)21-8-4-6-10-23(21)28/h3-14,17H,15-16H2,1-2H3,(H,26,29)/b25-17-. The second kappa shape index (κ2) is 8.19. The molecule has 0 saturated carbocycles. The number of anilines is 1. The third-order valence-electron chi connectivity index (χ3n) is 5.05. The van der Waals surface area contributed by atoms with Gasteiger partial charge in [0.25, 0.3) is 0 Å². The number of hydrogen-bond donors (Lipinski definition) is 1. The van der Waals surface area contributed by atoms with Gasteiger partial charge in [0.05, 0.1) is 6.21 Å². The average molecular weight is 384 g/mol. The van der Waals surface area contributed by atoms with E-state index in [1.165, 1.54) is 10.8 Å². The number of para-hydroxylation sites is 2. The lowest BCUT2D eigenvalue weighted by Crippen LogP contribution is -2.19. The van der Waals surface area contributed by atoms with Gasteiger partial charge in [-0.2, -0.15) is 5.10 Å². The van der Waals surface area contributed by atoms with Gasteiger partial charge in [-0.05, 0) is 29.8 Å². The molecule has 0 fully saturated rings. The summed E-state index contributed by atoms with van der Waals surface area (Å²) in [5, 5.41) is 6.51. The van der Waals surface area contributed by atoms with Crippen LogP contribution in [0.5, 0.6) is 0 Å². The van der Waals surface area contributed by atoms with Crippen molar-refractivity contribution in [1.29, 1.82) is 0 Å². The number of fused-ring (bicyclic) bond motifs is 3. The Morgan fingerprint density at radius 2 is 1.52 bits per heavy atom. The van der Waals surface area contributed by atoms with Crippen molar-refractivity contribution in [1.82, 2.24) is 9.99 Å². The Morgan fingerprint density at radius 3 is 2.10 bits per heavy atom. The van der Waals surface area contributed by atoms with Crippen LogP contribution in [0.15, 0.2) is 77.9 Å². The molecule has 4 aromatic rings. The summed E-state index contributed by atoms with van der Waals surface area (Å²) < 4.78 is 2.20. The number of hydrogen-bond acceptors (Lipinski definition) is 3. The highest BCUT2D eigenvalue weighted by Crippen LogP contribution is 2.28. The van der Waals surface area contributed by atoms with Crippen LogP contribution in [0.4, 0.5) is 5.69 Å². The van der Waals surface area contributed by atoms with Gasteiger partial charge in [-0.15, -0.1) is 0 Å². The first-order valence-electron chi connectivity index (χ1n) is 9.69. The van der Waals surface area contributed by atoms with E-state index in [9.17, 15) is 4.79 Å². The van der Waals surface area contributed by atoms with Crippen LogP contribution >= 0.6 is 0 Å². The smallest absolute Gasteiger partial charge is 0.241 e. The van der Waals surface area contributed by atoms with Crippen molar-refractivity contribution in [3.8, 4) is 0 Å². The number of amides is 1. The SMILES string of the molecule is CN(C)c1ccc(/C=N\NC(=O)CCn2c3ccccc3c3ccccc32)cc1. The third kappa shape index (κ3) is 3.99. The van der Waals surface area contributed by atoms with Crippen LogP contribution in [-0.2, 0) is 11.3 Å². The summed E-state index contributed by atoms with van der Waals surface area (Å²) in [6, 6.07) is 24.6. The van der Waals surface area contributed by atoms with Crippen LogP contribution in [0.3, 0.4) is 0 Å². The number of carbonyl (C=O) groups excluding carboxylic acids is 1. The molecule has 1 aromatic heterocycles. The van der Waals surface area contributed by atoms with Gasteiger partial charge in [-0.3, -0.25) is 4.79 Å². The topological polar surface area (TPSA) is 49.6 Å². The van der Waals surface area contributed by atoms with Crippen molar-refractivity contribution >= 4 is 39.6 Å². The van der Waals surface area contributed by atoms with Gasteiger partial charge in [-0.1, -0.05) is 48.5 Å². The summed E-state index contributed by atoms with van der Waals surface area (Å²) >= 11 is 0. The fraction of sp³-hybridized carbons (Fsp3) is 0.167. The molecule has 0 aliphatic heterocycles. The van der Waals surface area contributed by atoms with Gasteiger partial charge in [0.2, 0.25) is 5.91 Å². The number of nitrogens with one attached hydrogen (secondary N) is 1. The van der Waals surface area contributed by atoms with Crippen LogP contribution < -0.4 is 10.3 Å². The number of benzene rings is 3. The molecule has 0 aliphatic rings. The number of hydrazone groups is 1. The molecule has 1 amide bonds. The van der Waals surface area contributed by atoms with Gasteiger partial charge >= 0.3 is 0 Å². The summed E-state index contributed by atoms with van der Waals surface area (Å²) in [6.07, 6.45) is 2.03. The van der Waals surface area contributed by atoms with Crippen LogP contribution in [0.25, 0.3) is 21.8 Å². The van der Waals surface area contributed by atoms with E-state index in [2.05, 4.69) is 39.4 Å². The number of rotatable bonds is 6. The van der Waals surface area contributed by atoms with E-state index in [0.717, 1.165) is 22.3 Å². The highest BCUT2D eigenvalue weighted by molar-refractivity contribution is 6.08. The molecule has 4 rings (SSSR count). The number of carbonyl (C=O) groups is 1. The van der Waals surface area contributed by atoms with Crippen molar-refractivity contribution in [2.75, 3.05) is 19.0 Å². The average Bonchev–Trinajstić information content (AvgIpc) is 3.06. The van der Waals surface area contributed by atoms with Crippen molar-refractivity contribution in [2.45, 2.75) is 13.0 Å². The van der Waals surface area contributed by atoms with Crippen molar-refractivity contribution in [3.05, 3.63) is 78.4 Å². The predicted molar refractivity (Wildman–Crippen MR) is 121 cm³/mol. The molecule has 5 heteroatoms. The first-order valence-corrected chi connectivity index (χ1v) is 9.69. The zero-order valence-electron chi connectivity index (χ0n) is 16.7. The summed E-state index contributed by atoms with van der Waals surface area (Å²) in [5.74, 6) is -0.104. The molecular formula is C24H24N4O. The lowest BCUT2D eigenvalue weighted by Gasteiger charge is -2.11. The predicted octanol–water partition coefficient (Wildman–Crippen LogP) is 4.40. The van der Waals surface area contributed by atoms with E-state index in [1.807, 2.05) is 67.5 Å². The Kier molecular flexibility index (Phi) is 5.29. The molecule has 5 nitrogen and oxygen atoms in total. The molecule has 0 atom stereocenters. The van der Waals surface area contributed by atoms with E-state index >= 15 is 0 Å². The lowest BCUT2D eigenvalue weighted by atomic mass is 10.2. The Hall–Kier alpha value is -3.60. The van der Waals surface area contributed by atoms with E-state index in [0.29, 0.717) is 13.0 Å². The molecule has 1 heterocycles. The second-order valence-corrected chi connectivity index (χ2v) is 7.22. The third-order valence-corrected chi connectivity index (χ3v) is 5.05. The van der Waals surface area contributed by atoms with Crippen molar-refractivity contribution in [3.63, 3.8) is 0 Å². The fourth-order valence-electron chi connectivity index (χ4n) is 3.55. The van der Waals surface area contributed by atoms with Crippen LogP contribution in [0, 0.1) is 0 Å². The van der Waals surface area contributed by atoms with Crippen molar-refractivity contribution < 1.29 is 4.79 Å². The number of aromatic nitrogens is 1. The Labute approximate surface area is 170 Å². The van der Waals surface area contributed by atoms with Crippen molar-refractivity contribution in [2.24, 2.45) is 5.10 Å². The minimum absolute atomic E-state index is 0.104. The molecule has 0 saturated heterocycles. The molecule has 0 radical (unpaired) electrons. The van der Waals surface area contributed by atoms with E-state index in [4.69, 9.17) is 0 Å². The monoisotopic (exact) mass is 384 g/mol. The summed E-state index contributed by atoms with van der Waals surface area (Å²) in [7, 11) is 4.00. The maximum atomic E-state index is 12.3. The second-order valence-electron chi connectivity index (χ2n) is 7.22. The van der Waals surface area contributed by atoms with Gasteiger partial charge in [0.15, 0.2) is 0 Å². The zero-order chi connectivity index (χ0) is 20.2. The van der Waals surface area contributed by atoms with Gasteiger partial charge in [0, 0.05) is 54.6 Å². The number of aryl methyl sites for hydroxylation is 1. The molecule has 0 aliphatic carbocycles. The highest BCUT2D eigenvalue weighted by atomic mass is 16.2. The minimum Gasteiger partial charge on any atom is -0.378 e. The van der Waals surface area contributed by atoms with Crippen LogP contribution in [0.1, 0.15) is 12.0 Å². The molecule has 0 bridgehead atoms. The maximum absolute atomic E-state index is 12.3. The highest BCUT2D eigenvalue weighted by Gasteiger charge is 2.10. The molecule has 29 heavy (non-hydrogen) atoms. The Balaban J connectivity index is 1.42. The van der Waals surface area contributed by atoms with Gasteiger partial charge < -0.3 is 9.47 Å². The molecule has 0 unspecified atom stereocenters. The molecular weight excluding hydrogens is 360 g/mol. The summed E-state index contributed by atoms with van der Waals surface area (Å²) in [5.41, 5.74) is 6.99. The first kappa shape index (κ1) is 18.7. The van der Waals surface area contributed by atoms with Gasteiger partial charge in [-0.25, -0.2) is 5.43 Å². The van der Waals surface area contributed by atoms with Gasteiger partial charge in [0.1, 0.15) is 0 Å². The summed E-state index contributed by atoms with van der Waals surface area (Å²) in [4.78, 5) is 14.3. The largest absolute Gasteiger partial charge is 0.378 e. The molecule has 3 aromatic carbocycles. The lowest BCUT2D eigenvalue weighted by molar-refractivity contribution is -0.121. The maximum Gasteiger partial charge on any atom is 0.241 e. The van der Waals surface area contributed by atoms with Crippen LogP contribution in [-0.4, -0.2) is 30.8 Å². The van der Waals surface area contributed by atoms with Crippen LogP contribution in [0.2, 0.25) is 0 Å². The van der Waals surface area contributed by atoms with E-state index in [1.54, 1.807) is 6.21 Å². The Bertz CT molecular complexity index is 1120. The Morgan fingerprint density at radius 1 is 0.931 bits per heavy atom. The molecule has 1 N–H and O–H groups in total. The first-order chi connectivity index (χ1) is 14.1. The van der Waals surface area contributed by atoms with E-state index in [-0.39, 0.29) is 5.91 Å². The minimum atomic E-state index is -0.104. The zero-order valence-corrected chi connectivity index (χ0v) is 16.7. The normalized spacial score (nSPS) is 11.4. The molecule has 146 valence electrons.